The van der Waals surface area contributed by atoms with Crippen molar-refractivity contribution in [1.29, 1.82) is 0 Å². The Morgan fingerprint density at radius 2 is 2.16 bits per heavy atom. The zero-order valence-electron chi connectivity index (χ0n) is 17.9. The Balaban J connectivity index is 1.59. The summed E-state index contributed by atoms with van der Waals surface area (Å²) >= 11 is 1.43. The van der Waals surface area contributed by atoms with Gasteiger partial charge in [-0.2, -0.15) is 0 Å². The van der Waals surface area contributed by atoms with Crippen molar-refractivity contribution in [1.82, 2.24) is 15.0 Å². The standard InChI is InChI=1S/C23H26N4O4S/c1-3-23(30)13(2)31-19(11-20(23)29)15-6-7-25-12-14(15)10-18(28)21-16(24)4-5-17(27-21)22-26-8-9-32-22/h4-9,12-13,19-20,29-30H,3,10-11,24H2,1-2H3/t13-,19-,20-,23-/m1/s1. The SMILES string of the molecule is CC[C@]1(O)[C@H](O)C[C@H](c2ccncc2CC(=O)c2nc(-c3nccs3)ccc2N)O[C@@H]1C. The third kappa shape index (κ3) is 4.16. The van der Waals surface area contributed by atoms with Crippen LogP contribution in [0, 0.1) is 0 Å². The van der Waals surface area contributed by atoms with Crippen LogP contribution in [-0.4, -0.2) is 48.8 Å². The van der Waals surface area contributed by atoms with Crippen molar-refractivity contribution in [2.75, 3.05) is 5.73 Å². The number of thiazole rings is 1. The van der Waals surface area contributed by atoms with Gasteiger partial charge in [0.05, 0.1) is 29.7 Å². The van der Waals surface area contributed by atoms with Crippen molar-refractivity contribution in [3.63, 3.8) is 0 Å². The van der Waals surface area contributed by atoms with Gasteiger partial charge in [-0.05, 0) is 42.7 Å². The van der Waals surface area contributed by atoms with E-state index >= 15 is 0 Å². The molecule has 0 bridgehead atoms. The summed E-state index contributed by atoms with van der Waals surface area (Å²) in [4.78, 5) is 26.0. The number of pyridine rings is 2. The molecule has 4 heterocycles. The fourth-order valence-corrected chi connectivity index (χ4v) is 4.75. The highest BCUT2D eigenvalue weighted by Gasteiger charge is 2.46. The number of aliphatic hydroxyl groups is 2. The lowest BCUT2D eigenvalue weighted by Gasteiger charge is -2.45. The largest absolute Gasteiger partial charge is 0.397 e. The molecule has 1 fully saturated rings. The van der Waals surface area contributed by atoms with E-state index in [2.05, 4.69) is 15.0 Å². The maximum absolute atomic E-state index is 13.2. The number of ketones is 1. The third-order valence-electron chi connectivity index (χ3n) is 6.13. The van der Waals surface area contributed by atoms with Crippen molar-refractivity contribution >= 4 is 22.8 Å². The maximum Gasteiger partial charge on any atom is 0.187 e. The first-order valence-corrected chi connectivity index (χ1v) is 11.4. The molecule has 168 valence electrons. The lowest BCUT2D eigenvalue weighted by Crippen LogP contribution is -2.56. The third-order valence-corrected chi connectivity index (χ3v) is 6.93. The second-order valence-corrected chi connectivity index (χ2v) is 8.90. The summed E-state index contributed by atoms with van der Waals surface area (Å²) in [6.07, 6.45) is 3.59. The number of aromatic nitrogens is 3. The highest BCUT2D eigenvalue weighted by Crippen LogP contribution is 2.39. The predicted molar refractivity (Wildman–Crippen MR) is 121 cm³/mol. The van der Waals surface area contributed by atoms with Gasteiger partial charge in [-0.1, -0.05) is 6.92 Å². The lowest BCUT2D eigenvalue weighted by molar-refractivity contribution is -0.224. The van der Waals surface area contributed by atoms with Crippen LogP contribution in [0.2, 0.25) is 0 Å². The van der Waals surface area contributed by atoms with E-state index in [4.69, 9.17) is 10.5 Å². The molecule has 0 saturated carbocycles. The van der Waals surface area contributed by atoms with E-state index in [0.29, 0.717) is 28.4 Å². The Bertz CT molecular complexity index is 1090. The summed E-state index contributed by atoms with van der Waals surface area (Å²) in [6.45, 7) is 3.57. The van der Waals surface area contributed by atoms with Gasteiger partial charge in [-0.25, -0.2) is 9.97 Å². The zero-order chi connectivity index (χ0) is 22.9. The molecule has 4 atom stereocenters. The average Bonchev–Trinajstić information content (AvgIpc) is 3.32. The van der Waals surface area contributed by atoms with Gasteiger partial charge in [0.15, 0.2) is 5.78 Å². The number of hydrogen-bond acceptors (Lipinski definition) is 9. The molecule has 1 saturated heterocycles. The number of hydrogen-bond donors (Lipinski definition) is 3. The molecular weight excluding hydrogens is 428 g/mol. The molecule has 4 N–H and O–H groups in total. The summed E-state index contributed by atoms with van der Waals surface area (Å²) in [7, 11) is 0. The van der Waals surface area contributed by atoms with Crippen LogP contribution in [0.15, 0.2) is 42.2 Å². The minimum absolute atomic E-state index is 0.0318. The van der Waals surface area contributed by atoms with Crippen molar-refractivity contribution in [2.45, 2.75) is 57.0 Å². The van der Waals surface area contributed by atoms with Crippen molar-refractivity contribution in [2.24, 2.45) is 0 Å². The molecule has 0 aromatic carbocycles. The molecule has 4 rings (SSSR count). The molecule has 8 nitrogen and oxygen atoms in total. The van der Waals surface area contributed by atoms with Crippen LogP contribution in [0.1, 0.15) is 54.4 Å². The fourth-order valence-electron chi connectivity index (χ4n) is 4.14. The molecule has 32 heavy (non-hydrogen) atoms. The van der Waals surface area contributed by atoms with E-state index in [1.165, 1.54) is 11.3 Å². The number of Topliss-reactive ketones (excluding diaryl/α,β-unsaturated/α-hetero) is 1. The van der Waals surface area contributed by atoms with Crippen LogP contribution in [0.3, 0.4) is 0 Å². The van der Waals surface area contributed by atoms with Gasteiger partial charge in [0.2, 0.25) is 0 Å². The number of aliphatic hydroxyl groups excluding tert-OH is 1. The number of nitrogens with zero attached hydrogens (tertiary/aromatic N) is 3. The second kappa shape index (κ2) is 9.03. The second-order valence-electron chi connectivity index (χ2n) is 8.01. The van der Waals surface area contributed by atoms with Gasteiger partial charge in [-0.3, -0.25) is 9.78 Å². The number of rotatable bonds is 6. The summed E-state index contributed by atoms with van der Waals surface area (Å²) < 4.78 is 6.07. The lowest BCUT2D eigenvalue weighted by atomic mass is 9.81. The van der Waals surface area contributed by atoms with Crippen molar-refractivity contribution in [3.8, 4) is 10.7 Å². The van der Waals surface area contributed by atoms with E-state index in [0.717, 1.165) is 5.56 Å². The first kappa shape index (κ1) is 22.5. The topological polar surface area (TPSA) is 131 Å². The number of anilines is 1. The highest BCUT2D eigenvalue weighted by atomic mass is 32.1. The molecule has 1 aliphatic heterocycles. The molecule has 0 spiro atoms. The van der Waals surface area contributed by atoms with Crippen LogP contribution in [0.5, 0.6) is 0 Å². The van der Waals surface area contributed by atoms with Gasteiger partial charge in [-0.15, -0.1) is 11.3 Å². The number of ether oxygens (including phenoxy) is 1. The Morgan fingerprint density at radius 3 is 2.84 bits per heavy atom. The van der Waals surface area contributed by atoms with Gasteiger partial charge in [0.1, 0.15) is 16.3 Å². The summed E-state index contributed by atoms with van der Waals surface area (Å²) in [5, 5.41) is 23.9. The minimum Gasteiger partial charge on any atom is -0.397 e. The molecule has 3 aromatic rings. The Morgan fingerprint density at radius 1 is 1.34 bits per heavy atom. The quantitative estimate of drug-likeness (QED) is 0.485. The molecule has 0 radical (unpaired) electrons. The van der Waals surface area contributed by atoms with Crippen LogP contribution < -0.4 is 5.73 Å². The Kier molecular flexibility index (Phi) is 6.34. The monoisotopic (exact) mass is 454 g/mol. The maximum atomic E-state index is 13.2. The van der Waals surface area contributed by atoms with Crippen LogP contribution >= 0.6 is 11.3 Å². The summed E-state index contributed by atoms with van der Waals surface area (Å²) in [5.74, 6) is -0.246. The Hall–Kier alpha value is -2.72. The molecule has 1 aliphatic rings. The van der Waals surface area contributed by atoms with Gasteiger partial charge < -0.3 is 20.7 Å². The molecule has 9 heteroatoms. The molecule has 0 aliphatic carbocycles. The first-order chi connectivity index (χ1) is 15.3. The van der Waals surface area contributed by atoms with Crippen LogP contribution in [-0.2, 0) is 11.2 Å². The number of carbonyl (C=O) groups is 1. The molecular formula is C23H26N4O4S. The predicted octanol–water partition coefficient (Wildman–Crippen LogP) is 2.96. The van der Waals surface area contributed by atoms with Crippen LogP contribution in [0.25, 0.3) is 10.7 Å². The number of nitrogen functional groups attached to an aromatic ring is 1. The van der Waals surface area contributed by atoms with E-state index in [1.807, 2.05) is 12.3 Å². The number of carbonyl (C=O) groups excluding carboxylic acids is 1. The van der Waals surface area contributed by atoms with E-state index < -0.39 is 23.9 Å². The minimum atomic E-state index is -1.30. The summed E-state index contributed by atoms with van der Waals surface area (Å²) in [5.41, 5.74) is 7.27. The number of nitrogens with two attached hydrogens (primary N) is 1. The normalized spacial score (nSPS) is 25.6. The average molecular weight is 455 g/mol. The molecule has 0 amide bonds. The van der Waals surface area contributed by atoms with E-state index in [1.54, 1.807) is 43.7 Å². The van der Waals surface area contributed by atoms with Gasteiger partial charge in [0.25, 0.3) is 0 Å². The Labute approximate surface area is 190 Å². The highest BCUT2D eigenvalue weighted by molar-refractivity contribution is 7.13. The van der Waals surface area contributed by atoms with Gasteiger partial charge >= 0.3 is 0 Å². The van der Waals surface area contributed by atoms with Gasteiger partial charge in [0, 0.05) is 36.8 Å². The van der Waals surface area contributed by atoms with Crippen molar-refractivity contribution in [3.05, 3.63) is 59.0 Å². The smallest absolute Gasteiger partial charge is 0.187 e. The molecule has 3 aromatic heterocycles. The zero-order valence-corrected chi connectivity index (χ0v) is 18.7. The molecule has 0 unspecified atom stereocenters. The first-order valence-electron chi connectivity index (χ1n) is 10.5. The fraction of sp³-hybridized carbons (Fsp3) is 0.391. The summed E-state index contributed by atoms with van der Waals surface area (Å²) in [6, 6.07) is 5.19. The van der Waals surface area contributed by atoms with Crippen molar-refractivity contribution < 1.29 is 19.7 Å². The van der Waals surface area contributed by atoms with E-state index in [9.17, 15) is 15.0 Å². The van der Waals surface area contributed by atoms with E-state index in [-0.39, 0.29) is 24.3 Å². The van der Waals surface area contributed by atoms with Crippen LogP contribution in [0.4, 0.5) is 5.69 Å².